The van der Waals surface area contributed by atoms with Gasteiger partial charge in [0.15, 0.2) is 0 Å². The molecule has 1 aromatic carbocycles. The molecule has 3 rings (SSSR count). The Morgan fingerprint density at radius 1 is 1.00 bits per heavy atom. The Labute approximate surface area is 99.9 Å². The highest BCUT2D eigenvalue weighted by atomic mass is 15.2. The fourth-order valence-corrected chi connectivity index (χ4v) is 3.26. The Hall–Kier alpha value is -0.820. The molecule has 0 bridgehead atoms. The van der Waals surface area contributed by atoms with E-state index in [0.29, 0.717) is 5.92 Å². The van der Waals surface area contributed by atoms with Gasteiger partial charge in [-0.3, -0.25) is 4.90 Å². The molecule has 2 heterocycles. The third kappa shape index (κ3) is 1.89. The number of benzene rings is 1. The van der Waals surface area contributed by atoms with Crippen LogP contribution in [0, 0.1) is 0 Å². The molecule has 0 unspecified atom stereocenters. The van der Waals surface area contributed by atoms with Gasteiger partial charge in [-0.2, -0.15) is 0 Å². The number of nitrogens with zero attached hydrogens (tertiary/aromatic N) is 1. The zero-order chi connectivity index (χ0) is 11.7. The smallest absolute Gasteiger partial charge is 0.0474 e. The van der Waals surface area contributed by atoms with Crippen molar-refractivity contribution in [2.75, 3.05) is 13.1 Å². The van der Waals surface area contributed by atoms with Gasteiger partial charge in [0.05, 0.1) is 0 Å². The van der Waals surface area contributed by atoms with Crippen LogP contribution in [0.15, 0.2) is 30.3 Å². The third-order valence-electron chi connectivity index (χ3n) is 4.04. The summed E-state index contributed by atoms with van der Waals surface area (Å²) in [4.78, 5) is 2.43. The predicted octanol–water partition coefficient (Wildman–Crippen LogP) is 3.42. The van der Waals surface area contributed by atoms with E-state index in [0.717, 1.165) is 19.5 Å². The Kier molecular flexibility index (Phi) is 2.65. The van der Waals surface area contributed by atoms with E-state index >= 15 is 0 Å². The third-order valence-corrected chi connectivity index (χ3v) is 4.04. The lowest BCUT2D eigenvalue weighted by molar-refractivity contribution is 0.0894. The number of hydrogen-bond acceptors (Lipinski definition) is 1. The number of rotatable bonds is 1. The van der Waals surface area contributed by atoms with Crippen LogP contribution in [0.5, 0.6) is 0 Å². The molecule has 0 spiro atoms. The summed E-state index contributed by atoms with van der Waals surface area (Å²) in [7, 11) is 0. The second kappa shape index (κ2) is 4.58. The zero-order valence-electron chi connectivity index (χ0n) is 10.9. The minimum absolute atomic E-state index is 0.322. The average molecular weight is 216 g/mol. The van der Waals surface area contributed by atoms with Crippen molar-refractivity contribution in [2.45, 2.75) is 44.0 Å². The van der Waals surface area contributed by atoms with Gasteiger partial charge in [-0.05, 0) is 50.3 Å². The molecular formula is C15H21N. The van der Waals surface area contributed by atoms with E-state index in [1.165, 1.54) is 31.2 Å². The van der Waals surface area contributed by atoms with Gasteiger partial charge in [0.25, 0.3) is 0 Å². The first-order valence-electron chi connectivity index (χ1n) is 7.11. The molecule has 0 amide bonds. The monoisotopic (exact) mass is 216 g/mol. The predicted molar refractivity (Wildman–Crippen MR) is 67.6 cm³/mol. The maximum atomic E-state index is 8.90. The molecule has 2 fully saturated rings. The Morgan fingerprint density at radius 3 is 2.69 bits per heavy atom. The Bertz CT molecular complexity index is 376. The van der Waals surface area contributed by atoms with E-state index in [-0.39, 0.29) is 6.02 Å². The maximum Gasteiger partial charge on any atom is 0.0474 e. The molecule has 1 heteroatoms. The van der Waals surface area contributed by atoms with Crippen LogP contribution in [-0.4, -0.2) is 24.0 Å². The standard InChI is InChI=1S/C15H21N/c1-2-7-13(8-3-1)14-9-6-12-16-11-5-4-10-15(14)16/h1-3,7-8,14-15H,4-6,9-12H2/t14-,15+/m0/s1/i15D. The summed E-state index contributed by atoms with van der Waals surface area (Å²) in [6.07, 6.45) is 5.99. The fraction of sp³-hybridized carbons (Fsp3) is 0.600. The lowest BCUT2D eigenvalue weighted by Gasteiger charge is -2.44. The van der Waals surface area contributed by atoms with Crippen LogP contribution >= 0.6 is 0 Å². The van der Waals surface area contributed by atoms with Gasteiger partial charge in [-0.25, -0.2) is 0 Å². The first-order chi connectivity index (χ1) is 8.31. The van der Waals surface area contributed by atoms with E-state index < -0.39 is 0 Å². The summed E-state index contributed by atoms with van der Waals surface area (Å²) >= 11 is 0. The zero-order valence-corrected chi connectivity index (χ0v) is 9.86. The van der Waals surface area contributed by atoms with Crippen LogP contribution in [0.3, 0.4) is 0 Å². The van der Waals surface area contributed by atoms with Gasteiger partial charge in [-0.15, -0.1) is 0 Å². The van der Waals surface area contributed by atoms with Gasteiger partial charge in [0, 0.05) is 7.39 Å². The normalized spacial score (nSPS) is 36.5. The van der Waals surface area contributed by atoms with Gasteiger partial charge < -0.3 is 0 Å². The largest absolute Gasteiger partial charge is 0.300 e. The highest BCUT2D eigenvalue weighted by Crippen LogP contribution is 2.37. The van der Waals surface area contributed by atoms with Crippen molar-refractivity contribution in [3.05, 3.63) is 35.9 Å². The van der Waals surface area contributed by atoms with Crippen LogP contribution in [0.2, 0.25) is 0 Å². The van der Waals surface area contributed by atoms with Crippen molar-refractivity contribution in [1.29, 1.82) is 0 Å². The molecule has 2 aliphatic rings. The highest BCUT2D eigenvalue weighted by Gasteiger charge is 2.33. The summed E-state index contributed by atoms with van der Waals surface area (Å²) in [5.74, 6) is 0.415. The van der Waals surface area contributed by atoms with Crippen molar-refractivity contribution in [2.24, 2.45) is 0 Å². The first kappa shape index (κ1) is 9.23. The van der Waals surface area contributed by atoms with Gasteiger partial charge >= 0.3 is 0 Å². The van der Waals surface area contributed by atoms with Crippen molar-refractivity contribution in [3.63, 3.8) is 0 Å². The summed E-state index contributed by atoms with van der Waals surface area (Å²) in [5.41, 5.74) is 1.37. The van der Waals surface area contributed by atoms with E-state index in [2.05, 4.69) is 35.2 Å². The van der Waals surface area contributed by atoms with Crippen LogP contribution in [0.4, 0.5) is 0 Å². The lowest BCUT2D eigenvalue weighted by atomic mass is 9.79. The summed E-state index contributed by atoms with van der Waals surface area (Å²) in [6.45, 7) is 2.26. The van der Waals surface area contributed by atoms with Crippen LogP contribution in [-0.2, 0) is 0 Å². The summed E-state index contributed by atoms with van der Waals surface area (Å²) < 4.78 is 8.90. The Morgan fingerprint density at radius 2 is 1.81 bits per heavy atom. The lowest BCUT2D eigenvalue weighted by Crippen LogP contribution is -2.46. The topological polar surface area (TPSA) is 3.24 Å². The van der Waals surface area contributed by atoms with E-state index in [1.54, 1.807) is 0 Å². The second-order valence-corrected chi connectivity index (χ2v) is 5.04. The molecule has 0 aromatic heterocycles. The quantitative estimate of drug-likeness (QED) is 0.695. The van der Waals surface area contributed by atoms with Gasteiger partial charge in [-0.1, -0.05) is 36.8 Å². The van der Waals surface area contributed by atoms with Crippen LogP contribution < -0.4 is 0 Å². The number of hydrogen-bond donors (Lipinski definition) is 0. The molecule has 86 valence electrons. The molecule has 2 atom stereocenters. The molecule has 16 heavy (non-hydrogen) atoms. The van der Waals surface area contributed by atoms with Crippen LogP contribution in [0.25, 0.3) is 0 Å². The summed E-state index contributed by atoms with van der Waals surface area (Å²) in [5, 5.41) is 0. The van der Waals surface area contributed by atoms with E-state index in [9.17, 15) is 0 Å². The fourth-order valence-electron chi connectivity index (χ4n) is 3.26. The highest BCUT2D eigenvalue weighted by molar-refractivity contribution is 5.22. The first-order valence-corrected chi connectivity index (χ1v) is 6.61. The minimum Gasteiger partial charge on any atom is -0.300 e. The van der Waals surface area contributed by atoms with Gasteiger partial charge in [0.1, 0.15) is 0 Å². The Balaban J connectivity index is 1.93. The minimum atomic E-state index is -0.322. The molecule has 0 N–H and O–H groups in total. The van der Waals surface area contributed by atoms with Crippen molar-refractivity contribution in [1.82, 2.24) is 4.90 Å². The molecule has 0 saturated carbocycles. The van der Waals surface area contributed by atoms with Crippen LogP contribution in [0.1, 0.15) is 45.0 Å². The number of piperidine rings is 2. The molecule has 0 radical (unpaired) electrons. The van der Waals surface area contributed by atoms with Crippen molar-refractivity contribution >= 4 is 0 Å². The van der Waals surface area contributed by atoms with E-state index in [1.807, 2.05) is 0 Å². The molecule has 0 aliphatic carbocycles. The van der Waals surface area contributed by atoms with Gasteiger partial charge in [0.2, 0.25) is 0 Å². The maximum absolute atomic E-state index is 8.90. The SMILES string of the molecule is [2H][C@]12CCCCN1CCC[C@H]2c1ccccc1. The molecule has 1 aromatic rings. The molecule has 2 aliphatic heterocycles. The molecular weight excluding hydrogens is 194 g/mol. The number of fused-ring (bicyclic) bond motifs is 1. The second-order valence-electron chi connectivity index (χ2n) is 5.04. The average Bonchev–Trinajstić information content (AvgIpc) is 2.38. The molecule has 1 nitrogen and oxygen atoms in total. The van der Waals surface area contributed by atoms with E-state index in [4.69, 9.17) is 1.37 Å². The van der Waals surface area contributed by atoms with Crippen molar-refractivity contribution in [3.8, 4) is 0 Å². The van der Waals surface area contributed by atoms with Crippen molar-refractivity contribution < 1.29 is 1.37 Å². The summed E-state index contributed by atoms with van der Waals surface area (Å²) in [6, 6.07) is 10.4. The molecule has 2 saturated heterocycles.